The van der Waals surface area contributed by atoms with E-state index in [-0.39, 0.29) is 16.5 Å². The van der Waals surface area contributed by atoms with Gasteiger partial charge in [-0.3, -0.25) is 10.1 Å². The molecule has 2 aromatic carbocycles. The van der Waals surface area contributed by atoms with Gasteiger partial charge in [-0.2, -0.15) is 13.2 Å². The highest BCUT2D eigenvalue weighted by molar-refractivity contribution is 7.80. The van der Waals surface area contributed by atoms with Crippen LogP contribution in [0.25, 0.3) is 0 Å². The minimum absolute atomic E-state index is 0.0242. The van der Waals surface area contributed by atoms with Crippen LogP contribution in [0, 0.1) is 10.1 Å². The van der Waals surface area contributed by atoms with Crippen LogP contribution in [-0.4, -0.2) is 41.1 Å². The van der Waals surface area contributed by atoms with E-state index in [1.54, 1.807) is 12.1 Å². The van der Waals surface area contributed by atoms with Gasteiger partial charge in [0.05, 0.1) is 16.2 Å². The zero-order valence-electron chi connectivity index (χ0n) is 14.6. The molecule has 1 heterocycles. The second kappa shape index (κ2) is 8.01. The number of nitrogens with zero attached hydrogens (tertiary/aromatic N) is 3. The summed E-state index contributed by atoms with van der Waals surface area (Å²) in [5, 5.41) is 13.7. The largest absolute Gasteiger partial charge is 0.418 e. The number of rotatable bonds is 3. The molecule has 1 fully saturated rings. The molecule has 1 aliphatic rings. The van der Waals surface area contributed by atoms with Crippen molar-refractivity contribution in [3.63, 3.8) is 0 Å². The highest BCUT2D eigenvalue weighted by atomic mass is 32.1. The van der Waals surface area contributed by atoms with E-state index in [0.29, 0.717) is 26.2 Å². The third kappa shape index (κ3) is 4.50. The summed E-state index contributed by atoms with van der Waals surface area (Å²) in [5.41, 5.74) is 0.0438. The average molecular weight is 410 g/mol. The predicted molar refractivity (Wildman–Crippen MR) is 105 cm³/mol. The summed E-state index contributed by atoms with van der Waals surface area (Å²) in [4.78, 5) is 14.1. The number of nitrogens with one attached hydrogen (secondary N) is 1. The number of nitro groups is 1. The van der Waals surface area contributed by atoms with Crippen molar-refractivity contribution in [3.05, 3.63) is 64.2 Å². The van der Waals surface area contributed by atoms with Crippen molar-refractivity contribution in [2.75, 3.05) is 36.4 Å². The van der Waals surface area contributed by atoms with Crippen molar-refractivity contribution in [2.45, 2.75) is 6.18 Å². The molecule has 148 valence electrons. The third-order valence-electron chi connectivity index (χ3n) is 4.47. The SMILES string of the molecule is O=[N+]([O-])c1ccc(N2CCN(C(=S)Nc3ccccc3C(F)(F)F)CC2)cc1. The first-order valence-electron chi connectivity index (χ1n) is 8.47. The maximum atomic E-state index is 13.1. The van der Waals surface area contributed by atoms with Gasteiger partial charge >= 0.3 is 6.18 Å². The lowest BCUT2D eigenvalue weighted by molar-refractivity contribution is -0.384. The molecule has 0 unspecified atom stereocenters. The lowest BCUT2D eigenvalue weighted by atomic mass is 10.1. The van der Waals surface area contributed by atoms with E-state index in [4.69, 9.17) is 12.2 Å². The van der Waals surface area contributed by atoms with E-state index in [2.05, 4.69) is 5.32 Å². The van der Waals surface area contributed by atoms with Gasteiger partial charge in [-0.25, -0.2) is 0 Å². The molecular formula is C18H17F3N4O2S. The van der Waals surface area contributed by atoms with E-state index in [9.17, 15) is 23.3 Å². The smallest absolute Gasteiger partial charge is 0.368 e. The molecule has 28 heavy (non-hydrogen) atoms. The van der Waals surface area contributed by atoms with Gasteiger partial charge < -0.3 is 15.1 Å². The van der Waals surface area contributed by atoms with Crippen LogP contribution >= 0.6 is 12.2 Å². The van der Waals surface area contributed by atoms with Crippen LogP contribution in [0.4, 0.5) is 30.2 Å². The van der Waals surface area contributed by atoms with E-state index in [1.165, 1.54) is 30.3 Å². The summed E-state index contributed by atoms with van der Waals surface area (Å²) in [6.07, 6.45) is -4.46. The van der Waals surface area contributed by atoms with Crippen molar-refractivity contribution in [1.29, 1.82) is 0 Å². The maximum absolute atomic E-state index is 13.1. The van der Waals surface area contributed by atoms with Gasteiger partial charge in [0.2, 0.25) is 0 Å². The Morgan fingerprint density at radius 1 is 1.04 bits per heavy atom. The van der Waals surface area contributed by atoms with E-state index in [0.717, 1.165) is 11.8 Å². The fraction of sp³-hybridized carbons (Fsp3) is 0.278. The number of benzene rings is 2. The summed E-state index contributed by atoms with van der Waals surface area (Å²) >= 11 is 5.29. The molecular weight excluding hydrogens is 393 g/mol. The topological polar surface area (TPSA) is 61.7 Å². The van der Waals surface area contributed by atoms with Crippen molar-refractivity contribution < 1.29 is 18.1 Å². The van der Waals surface area contributed by atoms with Crippen LogP contribution in [0.1, 0.15) is 5.56 Å². The first kappa shape index (κ1) is 19.9. The predicted octanol–water partition coefficient (Wildman–Crippen LogP) is 4.13. The van der Waals surface area contributed by atoms with Crippen LogP contribution in [-0.2, 0) is 6.18 Å². The molecule has 0 amide bonds. The molecule has 10 heteroatoms. The van der Waals surface area contributed by atoms with Crippen LogP contribution in [0.5, 0.6) is 0 Å². The number of halogens is 3. The van der Waals surface area contributed by atoms with Crippen molar-refractivity contribution >= 4 is 34.4 Å². The quantitative estimate of drug-likeness (QED) is 0.466. The number of anilines is 2. The summed E-state index contributed by atoms with van der Waals surface area (Å²) in [7, 11) is 0. The van der Waals surface area contributed by atoms with Crippen LogP contribution in [0.3, 0.4) is 0 Å². The Bertz CT molecular complexity index is 866. The van der Waals surface area contributed by atoms with Gasteiger partial charge in [0, 0.05) is 44.0 Å². The number of piperazine rings is 1. The van der Waals surface area contributed by atoms with Gasteiger partial charge in [0.25, 0.3) is 5.69 Å². The summed E-state index contributed by atoms with van der Waals surface area (Å²) in [6.45, 7) is 2.25. The monoisotopic (exact) mass is 410 g/mol. The zero-order valence-corrected chi connectivity index (χ0v) is 15.5. The Hall–Kier alpha value is -2.88. The Kier molecular flexibility index (Phi) is 5.68. The van der Waals surface area contributed by atoms with Gasteiger partial charge in [0.1, 0.15) is 0 Å². The number of hydrogen-bond acceptors (Lipinski definition) is 4. The maximum Gasteiger partial charge on any atom is 0.418 e. The molecule has 3 rings (SSSR count). The van der Waals surface area contributed by atoms with Crippen molar-refractivity contribution in [3.8, 4) is 0 Å². The summed E-state index contributed by atoms with van der Waals surface area (Å²) < 4.78 is 39.3. The minimum Gasteiger partial charge on any atom is -0.368 e. The molecule has 0 spiro atoms. The molecule has 1 N–H and O–H groups in total. The Labute approximate surface area is 164 Å². The zero-order chi connectivity index (χ0) is 20.3. The Morgan fingerprint density at radius 3 is 2.21 bits per heavy atom. The lowest BCUT2D eigenvalue weighted by Gasteiger charge is -2.37. The number of para-hydroxylation sites is 1. The minimum atomic E-state index is -4.46. The molecule has 2 aromatic rings. The molecule has 1 saturated heterocycles. The van der Waals surface area contributed by atoms with Gasteiger partial charge in [0.15, 0.2) is 5.11 Å². The third-order valence-corrected chi connectivity index (χ3v) is 4.83. The lowest BCUT2D eigenvalue weighted by Crippen LogP contribution is -2.50. The Morgan fingerprint density at radius 2 is 1.64 bits per heavy atom. The standard InChI is InChI=1S/C18H17F3N4O2S/c19-18(20,21)15-3-1-2-4-16(15)22-17(28)24-11-9-23(10-12-24)13-5-7-14(8-6-13)25(26)27/h1-8H,9-12H2,(H,22,28). The van der Waals surface area contributed by atoms with Gasteiger partial charge in [-0.05, 0) is 36.5 Å². The Balaban J connectivity index is 1.61. The van der Waals surface area contributed by atoms with Crippen molar-refractivity contribution in [2.24, 2.45) is 0 Å². The van der Waals surface area contributed by atoms with E-state index >= 15 is 0 Å². The molecule has 0 atom stereocenters. The normalized spacial score (nSPS) is 14.7. The molecule has 0 saturated carbocycles. The summed E-state index contributed by atoms with van der Waals surface area (Å²) in [5.74, 6) is 0. The summed E-state index contributed by atoms with van der Waals surface area (Å²) in [6, 6.07) is 11.5. The van der Waals surface area contributed by atoms with E-state index < -0.39 is 16.7 Å². The van der Waals surface area contributed by atoms with Crippen LogP contribution < -0.4 is 10.2 Å². The van der Waals surface area contributed by atoms with Crippen molar-refractivity contribution in [1.82, 2.24) is 4.90 Å². The molecule has 0 aromatic heterocycles. The molecule has 1 aliphatic heterocycles. The average Bonchev–Trinajstić information content (AvgIpc) is 2.68. The first-order chi connectivity index (χ1) is 13.3. The second-order valence-corrected chi connectivity index (χ2v) is 6.61. The molecule has 0 radical (unpaired) electrons. The fourth-order valence-electron chi connectivity index (χ4n) is 2.99. The molecule has 0 aliphatic carbocycles. The van der Waals surface area contributed by atoms with Gasteiger partial charge in [-0.1, -0.05) is 12.1 Å². The number of non-ortho nitro benzene ring substituents is 1. The fourth-order valence-corrected chi connectivity index (χ4v) is 3.28. The number of hydrogen-bond donors (Lipinski definition) is 1. The number of alkyl halides is 3. The van der Waals surface area contributed by atoms with E-state index in [1.807, 2.05) is 9.80 Å². The first-order valence-corrected chi connectivity index (χ1v) is 8.88. The van der Waals surface area contributed by atoms with Crippen LogP contribution in [0.15, 0.2) is 48.5 Å². The molecule has 0 bridgehead atoms. The highest BCUT2D eigenvalue weighted by Gasteiger charge is 2.33. The highest BCUT2D eigenvalue weighted by Crippen LogP contribution is 2.34. The number of thiocarbonyl (C=S) groups is 1. The second-order valence-electron chi connectivity index (χ2n) is 6.22. The molecule has 6 nitrogen and oxygen atoms in total. The van der Waals surface area contributed by atoms with Crippen LogP contribution in [0.2, 0.25) is 0 Å². The number of nitro benzene ring substituents is 1. The van der Waals surface area contributed by atoms with Gasteiger partial charge in [-0.15, -0.1) is 0 Å².